The van der Waals surface area contributed by atoms with E-state index in [0.717, 1.165) is 53.3 Å². The number of benzene rings is 2. The van der Waals surface area contributed by atoms with E-state index in [9.17, 15) is 4.79 Å². The molecule has 1 saturated heterocycles. The number of rotatable bonds is 4. The predicted octanol–water partition coefficient (Wildman–Crippen LogP) is 4.10. The first-order chi connectivity index (χ1) is 17.8. The highest BCUT2D eigenvalue weighted by Crippen LogP contribution is 2.33. The highest BCUT2D eigenvalue weighted by atomic mass is 32.1. The molecule has 190 valence electrons. The van der Waals surface area contributed by atoms with Crippen LogP contribution in [0.3, 0.4) is 0 Å². The zero-order valence-corrected chi connectivity index (χ0v) is 22.3. The summed E-state index contributed by atoms with van der Waals surface area (Å²) in [5, 5.41) is 14.8. The normalized spacial score (nSPS) is 16.1. The molecule has 0 saturated carbocycles. The lowest BCUT2D eigenvalue weighted by Crippen LogP contribution is -2.49. The SMILES string of the molecule is Cc1ccc2cc([C@H](c3nnnn3C(C)(C)C)N3CCN(c4nc5ccccc5s4)CC3)c(=O)[nH]c2c1. The molecule has 1 aliphatic heterocycles. The van der Waals surface area contributed by atoms with Crippen LogP contribution in [-0.4, -0.2) is 61.3 Å². The molecule has 37 heavy (non-hydrogen) atoms. The highest BCUT2D eigenvalue weighted by Gasteiger charge is 2.35. The van der Waals surface area contributed by atoms with Crippen molar-refractivity contribution in [1.82, 2.24) is 35.1 Å². The van der Waals surface area contributed by atoms with Gasteiger partial charge in [0.25, 0.3) is 5.56 Å². The highest BCUT2D eigenvalue weighted by molar-refractivity contribution is 7.22. The van der Waals surface area contributed by atoms with E-state index in [0.29, 0.717) is 11.4 Å². The Hall–Kier alpha value is -3.63. The van der Waals surface area contributed by atoms with Crippen LogP contribution >= 0.6 is 11.3 Å². The van der Waals surface area contributed by atoms with Crippen LogP contribution in [0.5, 0.6) is 0 Å². The molecule has 1 N–H and O–H groups in total. The van der Waals surface area contributed by atoms with Crippen LogP contribution in [0.25, 0.3) is 21.1 Å². The summed E-state index contributed by atoms with van der Waals surface area (Å²) in [6, 6.07) is 16.0. The number of nitrogens with one attached hydrogen (secondary N) is 1. The number of aromatic nitrogens is 6. The maximum atomic E-state index is 13.5. The van der Waals surface area contributed by atoms with Crippen LogP contribution in [0.15, 0.2) is 53.3 Å². The summed E-state index contributed by atoms with van der Waals surface area (Å²) in [5.41, 5.74) is 3.19. The number of hydrogen-bond acceptors (Lipinski definition) is 8. The Kier molecular flexibility index (Phi) is 5.80. The molecule has 0 unspecified atom stereocenters. The summed E-state index contributed by atoms with van der Waals surface area (Å²) in [4.78, 5) is 26.1. The van der Waals surface area contributed by atoms with E-state index in [4.69, 9.17) is 4.98 Å². The minimum absolute atomic E-state index is 0.111. The van der Waals surface area contributed by atoms with Gasteiger partial charge in [-0.25, -0.2) is 9.67 Å². The molecule has 5 aromatic rings. The van der Waals surface area contributed by atoms with Crippen molar-refractivity contribution in [3.63, 3.8) is 0 Å². The summed E-state index contributed by atoms with van der Waals surface area (Å²) in [5.74, 6) is 0.679. The molecular formula is C27H30N8OS. The maximum Gasteiger partial charge on any atom is 0.253 e. The Balaban J connectivity index is 1.38. The van der Waals surface area contributed by atoms with Gasteiger partial charge in [-0.15, -0.1) is 5.10 Å². The number of para-hydroxylation sites is 1. The number of hydrogen-bond donors (Lipinski definition) is 1. The van der Waals surface area contributed by atoms with Gasteiger partial charge in [0, 0.05) is 37.3 Å². The number of thiazole rings is 1. The molecule has 1 aliphatic rings. The van der Waals surface area contributed by atoms with E-state index >= 15 is 0 Å². The summed E-state index contributed by atoms with van der Waals surface area (Å²) < 4.78 is 3.04. The quantitative estimate of drug-likeness (QED) is 0.386. The lowest BCUT2D eigenvalue weighted by Gasteiger charge is -2.39. The first kappa shape index (κ1) is 23.7. The number of aryl methyl sites for hydroxylation is 1. The smallest absolute Gasteiger partial charge is 0.253 e. The number of fused-ring (bicyclic) bond motifs is 2. The number of piperazine rings is 1. The van der Waals surface area contributed by atoms with E-state index < -0.39 is 0 Å². The molecule has 3 aromatic heterocycles. The van der Waals surface area contributed by atoms with E-state index in [1.54, 1.807) is 11.3 Å². The second-order valence-corrected chi connectivity index (χ2v) is 11.7. The van der Waals surface area contributed by atoms with Crippen LogP contribution in [0.4, 0.5) is 5.13 Å². The number of aromatic amines is 1. The van der Waals surface area contributed by atoms with Gasteiger partial charge >= 0.3 is 0 Å². The van der Waals surface area contributed by atoms with Gasteiger partial charge in [-0.1, -0.05) is 35.6 Å². The predicted molar refractivity (Wildman–Crippen MR) is 147 cm³/mol. The third-order valence-corrected chi connectivity index (χ3v) is 8.03. The number of pyridine rings is 1. The number of anilines is 1. The largest absolute Gasteiger partial charge is 0.345 e. The summed E-state index contributed by atoms with van der Waals surface area (Å²) in [6.45, 7) is 11.4. The molecular weight excluding hydrogens is 484 g/mol. The van der Waals surface area contributed by atoms with Crippen molar-refractivity contribution < 1.29 is 0 Å². The summed E-state index contributed by atoms with van der Waals surface area (Å²) in [6.07, 6.45) is 0. The lowest BCUT2D eigenvalue weighted by atomic mass is 10.0. The second-order valence-electron chi connectivity index (χ2n) is 10.7. The van der Waals surface area contributed by atoms with Crippen molar-refractivity contribution in [3.8, 4) is 0 Å². The van der Waals surface area contributed by atoms with Gasteiger partial charge in [0.15, 0.2) is 11.0 Å². The fourth-order valence-electron chi connectivity index (χ4n) is 5.04. The molecule has 1 atom stereocenters. The Labute approximate surface area is 218 Å². The van der Waals surface area contributed by atoms with E-state index in [1.807, 2.05) is 29.8 Å². The van der Waals surface area contributed by atoms with Crippen LogP contribution in [0.1, 0.15) is 43.8 Å². The molecule has 2 aromatic carbocycles. The fourth-order valence-corrected chi connectivity index (χ4v) is 6.06. The Morgan fingerprint density at radius 1 is 1.03 bits per heavy atom. The number of H-pyrrole nitrogens is 1. The molecule has 0 aliphatic carbocycles. The second kappa shape index (κ2) is 9.04. The Morgan fingerprint density at radius 3 is 2.57 bits per heavy atom. The monoisotopic (exact) mass is 514 g/mol. The Bertz CT molecular complexity index is 1600. The van der Waals surface area contributed by atoms with Gasteiger partial charge in [0.1, 0.15) is 6.04 Å². The van der Waals surface area contributed by atoms with Gasteiger partial charge in [0.2, 0.25) is 0 Å². The molecule has 9 nitrogen and oxygen atoms in total. The van der Waals surface area contributed by atoms with E-state index in [1.165, 1.54) is 4.70 Å². The first-order valence-corrected chi connectivity index (χ1v) is 13.4. The molecule has 10 heteroatoms. The average molecular weight is 515 g/mol. The minimum atomic E-state index is -0.374. The molecule has 0 radical (unpaired) electrons. The minimum Gasteiger partial charge on any atom is -0.345 e. The van der Waals surface area contributed by atoms with Crippen molar-refractivity contribution in [2.45, 2.75) is 39.3 Å². The van der Waals surface area contributed by atoms with Crippen LogP contribution in [0, 0.1) is 6.92 Å². The zero-order valence-electron chi connectivity index (χ0n) is 21.5. The van der Waals surface area contributed by atoms with E-state index in [2.05, 4.69) is 81.4 Å². The molecule has 0 spiro atoms. The fraction of sp³-hybridized carbons (Fsp3) is 0.370. The average Bonchev–Trinajstić information content (AvgIpc) is 3.53. The molecule has 6 rings (SSSR count). The summed E-state index contributed by atoms with van der Waals surface area (Å²) >= 11 is 1.72. The number of nitrogens with zero attached hydrogens (tertiary/aromatic N) is 7. The van der Waals surface area contributed by atoms with Crippen LogP contribution < -0.4 is 10.5 Å². The van der Waals surface area contributed by atoms with Crippen LogP contribution in [0.2, 0.25) is 0 Å². The van der Waals surface area contributed by atoms with Crippen LogP contribution in [-0.2, 0) is 5.54 Å². The molecule has 0 amide bonds. The van der Waals surface area contributed by atoms with Gasteiger partial charge in [0.05, 0.1) is 15.8 Å². The molecule has 4 heterocycles. The zero-order chi connectivity index (χ0) is 25.7. The maximum absolute atomic E-state index is 13.5. The number of tetrazole rings is 1. The third kappa shape index (κ3) is 4.40. The van der Waals surface area contributed by atoms with Gasteiger partial charge in [-0.3, -0.25) is 9.69 Å². The van der Waals surface area contributed by atoms with Gasteiger partial charge in [-0.2, -0.15) is 0 Å². The van der Waals surface area contributed by atoms with Gasteiger partial charge in [-0.05, 0) is 73.3 Å². The third-order valence-electron chi connectivity index (χ3n) is 6.93. The van der Waals surface area contributed by atoms with E-state index in [-0.39, 0.29) is 17.1 Å². The topological polar surface area (TPSA) is 95.8 Å². The van der Waals surface area contributed by atoms with Crippen molar-refractivity contribution in [2.75, 3.05) is 31.1 Å². The first-order valence-electron chi connectivity index (χ1n) is 12.5. The van der Waals surface area contributed by atoms with Crippen molar-refractivity contribution in [2.24, 2.45) is 0 Å². The summed E-state index contributed by atoms with van der Waals surface area (Å²) in [7, 11) is 0. The lowest BCUT2D eigenvalue weighted by molar-refractivity contribution is 0.190. The molecule has 0 bridgehead atoms. The Morgan fingerprint density at radius 2 is 1.81 bits per heavy atom. The van der Waals surface area contributed by atoms with Crippen molar-refractivity contribution in [1.29, 1.82) is 0 Å². The standard InChI is InChI=1S/C27H30N8OS/c1-17-9-10-18-16-19(25(36)28-21(18)15-17)23(24-30-31-32-35(24)27(2,3)4)33-11-13-34(14-12-33)26-29-20-7-5-6-8-22(20)37-26/h5-10,15-16,23H,11-14H2,1-4H3,(H,28,36)/t23-/m1/s1. The van der Waals surface area contributed by atoms with Crippen molar-refractivity contribution >= 4 is 37.6 Å². The molecule has 1 fully saturated rings. The van der Waals surface area contributed by atoms with Crippen molar-refractivity contribution in [3.05, 3.63) is 75.8 Å². The van der Waals surface area contributed by atoms with Gasteiger partial charge < -0.3 is 9.88 Å².